The number of hydrogen-bond donors (Lipinski definition) is 1. The highest BCUT2D eigenvalue weighted by Gasteiger charge is 2.18. The van der Waals surface area contributed by atoms with Crippen molar-refractivity contribution in [3.05, 3.63) is 42.2 Å². The third-order valence-electron chi connectivity index (χ3n) is 2.61. The zero-order valence-corrected chi connectivity index (χ0v) is 12.7. The van der Waals surface area contributed by atoms with Gasteiger partial charge in [0.05, 0.1) is 9.83 Å². The molecule has 0 aromatic carbocycles. The first kappa shape index (κ1) is 12.3. The molecule has 1 unspecified atom stereocenters. The van der Waals surface area contributed by atoms with Gasteiger partial charge in [-0.1, -0.05) is 0 Å². The lowest BCUT2D eigenvalue weighted by atomic mass is 10.1. The maximum atomic E-state index is 3.59. The van der Waals surface area contributed by atoms with Gasteiger partial charge in [0.15, 0.2) is 0 Å². The van der Waals surface area contributed by atoms with Gasteiger partial charge < -0.3 is 5.32 Å². The molecule has 2 aromatic rings. The van der Waals surface area contributed by atoms with Gasteiger partial charge in [-0.15, -0.1) is 22.7 Å². The van der Waals surface area contributed by atoms with E-state index in [1.54, 1.807) is 0 Å². The molecule has 0 aliphatic rings. The van der Waals surface area contributed by atoms with Gasteiger partial charge in [0.1, 0.15) is 0 Å². The van der Waals surface area contributed by atoms with Crippen molar-refractivity contribution < 1.29 is 0 Å². The molecule has 2 rings (SSSR count). The smallest absolute Gasteiger partial charge is 0.0765 e. The van der Waals surface area contributed by atoms with E-state index < -0.39 is 0 Å². The van der Waals surface area contributed by atoms with E-state index >= 15 is 0 Å². The predicted octanol–water partition coefficient (Wildman–Crippen LogP) is 4.50. The van der Waals surface area contributed by atoms with Crippen molar-refractivity contribution in [3.63, 3.8) is 0 Å². The average molecular weight is 316 g/mol. The first-order valence-corrected chi connectivity index (χ1v) is 7.59. The summed E-state index contributed by atoms with van der Waals surface area (Å²) in [5.41, 5.74) is 2.68. The molecule has 0 spiro atoms. The fourth-order valence-electron chi connectivity index (χ4n) is 1.71. The van der Waals surface area contributed by atoms with Crippen LogP contribution in [0.3, 0.4) is 0 Å². The Labute approximate surface area is 113 Å². The quantitative estimate of drug-likeness (QED) is 0.879. The summed E-state index contributed by atoms with van der Waals surface area (Å²) < 4.78 is 1.23. The molecule has 1 atom stereocenters. The summed E-state index contributed by atoms with van der Waals surface area (Å²) in [6.07, 6.45) is 0. The SMILES string of the molecule is CNC(c1cc(C)c(Br)s1)c1sccc1C. The van der Waals surface area contributed by atoms with Crippen molar-refractivity contribution in [2.45, 2.75) is 19.9 Å². The first-order valence-electron chi connectivity index (χ1n) is 5.10. The fraction of sp³-hybridized carbons (Fsp3) is 0.333. The minimum atomic E-state index is 0.329. The normalized spacial score (nSPS) is 13.0. The van der Waals surface area contributed by atoms with Gasteiger partial charge in [-0.25, -0.2) is 0 Å². The van der Waals surface area contributed by atoms with Crippen molar-refractivity contribution in [2.24, 2.45) is 0 Å². The van der Waals surface area contributed by atoms with Crippen LogP contribution in [0.25, 0.3) is 0 Å². The molecule has 0 amide bonds. The van der Waals surface area contributed by atoms with E-state index in [0.717, 1.165) is 0 Å². The lowest BCUT2D eigenvalue weighted by Crippen LogP contribution is -2.15. The maximum absolute atomic E-state index is 3.59. The number of nitrogens with one attached hydrogen (secondary N) is 1. The van der Waals surface area contributed by atoms with E-state index in [0.29, 0.717) is 6.04 Å². The van der Waals surface area contributed by atoms with Crippen LogP contribution in [0.2, 0.25) is 0 Å². The Bertz CT molecular complexity index is 467. The Hall–Kier alpha value is -0.160. The molecule has 86 valence electrons. The Morgan fingerprint density at radius 3 is 2.50 bits per heavy atom. The summed E-state index contributed by atoms with van der Waals surface area (Å²) in [4.78, 5) is 2.79. The molecular formula is C12H14BrNS2. The zero-order valence-electron chi connectivity index (χ0n) is 9.50. The van der Waals surface area contributed by atoms with Gasteiger partial charge in [0, 0.05) is 9.75 Å². The summed E-state index contributed by atoms with van der Waals surface area (Å²) in [6.45, 7) is 4.31. The van der Waals surface area contributed by atoms with Crippen molar-refractivity contribution in [1.82, 2.24) is 5.32 Å². The number of thiophene rings is 2. The van der Waals surface area contributed by atoms with Crippen LogP contribution in [0.5, 0.6) is 0 Å². The summed E-state index contributed by atoms with van der Waals surface area (Å²) in [7, 11) is 2.02. The Morgan fingerprint density at radius 2 is 2.06 bits per heavy atom. The van der Waals surface area contributed by atoms with E-state index in [1.165, 1.54) is 24.7 Å². The summed E-state index contributed by atoms with van der Waals surface area (Å²) in [5.74, 6) is 0. The molecule has 0 aliphatic carbocycles. The zero-order chi connectivity index (χ0) is 11.7. The predicted molar refractivity (Wildman–Crippen MR) is 76.7 cm³/mol. The summed E-state index contributed by atoms with van der Waals surface area (Å²) in [5, 5.41) is 5.56. The standard InChI is InChI=1S/C12H14BrNS2/c1-7-4-5-15-11(7)10(14-3)9-6-8(2)12(13)16-9/h4-6,10,14H,1-3H3. The fourth-order valence-corrected chi connectivity index (χ4v) is 4.53. The molecule has 2 aromatic heterocycles. The molecule has 1 nitrogen and oxygen atoms in total. The molecule has 0 bridgehead atoms. The molecule has 0 radical (unpaired) electrons. The Kier molecular flexibility index (Phi) is 3.85. The van der Waals surface area contributed by atoms with Gasteiger partial charge in [0.2, 0.25) is 0 Å². The minimum Gasteiger partial charge on any atom is -0.308 e. The second-order valence-electron chi connectivity index (χ2n) is 3.80. The van der Waals surface area contributed by atoms with Crippen molar-refractivity contribution in [3.8, 4) is 0 Å². The molecule has 0 saturated carbocycles. The molecule has 4 heteroatoms. The van der Waals surface area contributed by atoms with Crippen LogP contribution < -0.4 is 5.32 Å². The minimum absolute atomic E-state index is 0.329. The van der Waals surface area contributed by atoms with Crippen LogP contribution in [0.15, 0.2) is 21.3 Å². The Morgan fingerprint density at radius 1 is 1.31 bits per heavy atom. The van der Waals surface area contributed by atoms with Crippen molar-refractivity contribution in [1.29, 1.82) is 0 Å². The van der Waals surface area contributed by atoms with Gasteiger partial charge in [-0.3, -0.25) is 0 Å². The number of rotatable bonds is 3. The highest BCUT2D eigenvalue weighted by Crippen LogP contribution is 2.36. The average Bonchev–Trinajstić information content (AvgIpc) is 2.78. The third kappa shape index (κ3) is 2.25. The van der Waals surface area contributed by atoms with Crippen LogP contribution in [-0.4, -0.2) is 7.05 Å². The number of halogens is 1. The van der Waals surface area contributed by atoms with E-state index in [4.69, 9.17) is 0 Å². The second kappa shape index (κ2) is 5.00. The second-order valence-corrected chi connectivity index (χ2v) is 7.14. The van der Waals surface area contributed by atoms with Gasteiger partial charge in [-0.2, -0.15) is 0 Å². The lowest BCUT2D eigenvalue weighted by molar-refractivity contribution is 0.712. The summed E-state index contributed by atoms with van der Waals surface area (Å²) in [6, 6.07) is 4.77. The summed E-state index contributed by atoms with van der Waals surface area (Å²) >= 11 is 7.23. The van der Waals surface area contributed by atoms with Gasteiger partial charge >= 0.3 is 0 Å². The third-order valence-corrected chi connectivity index (χ3v) is 5.90. The molecule has 0 fully saturated rings. The topological polar surface area (TPSA) is 12.0 Å². The van der Waals surface area contributed by atoms with Gasteiger partial charge in [-0.05, 0) is 65.5 Å². The number of hydrogen-bond acceptors (Lipinski definition) is 3. The van der Waals surface area contributed by atoms with Crippen LogP contribution in [0.4, 0.5) is 0 Å². The monoisotopic (exact) mass is 315 g/mol. The van der Waals surface area contributed by atoms with Crippen LogP contribution >= 0.6 is 38.6 Å². The highest BCUT2D eigenvalue weighted by atomic mass is 79.9. The van der Waals surface area contributed by atoms with Crippen LogP contribution in [-0.2, 0) is 0 Å². The highest BCUT2D eigenvalue weighted by molar-refractivity contribution is 9.11. The largest absolute Gasteiger partial charge is 0.308 e. The molecule has 0 aliphatic heterocycles. The van der Waals surface area contributed by atoms with E-state index in [9.17, 15) is 0 Å². The number of aryl methyl sites for hydroxylation is 2. The van der Waals surface area contributed by atoms with E-state index in [1.807, 2.05) is 29.7 Å². The lowest BCUT2D eigenvalue weighted by Gasteiger charge is -2.13. The molecule has 16 heavy (non-hydrogen) atoms. The first-order chi connectivity index (χ1) is 7.63. The Balaban J connectivity index is 2.40. The van der Waals surface area contributed by atoms with Crippen LogP contribution in [0.1, 0.15) is 26.9 Å². The van der Waals surface area contributed by atoms with E-state index in [-0.39, 0.29) is 0 Å². The molecule has 0 saturated heterocycles. The van der Waals surface area contributed by atoms with Crippen molar-refractivity contribution >= 4 is 38.6 Å². The van der Waals surface area contributed by atoms with Crippen molar-refractivity contribution in [2.75, 3.05) is 7.05 Å². The molecule has 2 heterocycles. The van der Waals surface area contributed by atoms with Crippen LogP contribution in [0, 0.1) is 13.8 Å². The molecule has 1 N–H and O–H groups in total. The van der Waals surface area contributed by atoms with E-state index in [2.05, 4.69) is 52.6 Å². The van der Waals surface area contributed by atoms with Gasteiger partial charge in [0.25, 0.3) is 0 Å². The molecular weight excluding hydrogens is 302 g/mol. The maximum Gasteiger partial charge on any atom is 0.0765 e.